The zero-order chi connectivity index (χ0) is 11.2. The maximum atomic E-state index is 11.4. The molecule has 0 aromatic carbocycles. The summed E-state index contributed by atoms with van der Waals surface area (Å²) >= 11 is 0. The molecule has 0 aliphatic heterocycles. The van der Waals surface area contributed by atoms with Gasteiger partial charge in [0.15, 0.2) is 0 Å². The third kappa shape index (κ3) is 5.22. The van der Waals surface area contributed by atoms with Crippen LogP contribution in [0.1, 0.15) is 13.3 Å². The van der Waals surface area contributed by atoms with Crippen LogP contribution in [0, 0.1) is 0 Å². The molecule has 2 atom stereocenters. The number of rotatable bonds is 7. The Morgan fingerprint density at radius 3 is 2.14 bits per heavy atom. The highest BCUT2D eigenvalue weighted by atomic mass is 31.3. The van der Waals surface area contributed by atoms with Gasteiger partial charge < -0.3 is 4.89 Å². The van der Waals surface area contributed by atoms with Gasteiger partial charge in [-0.15, -0.1) is 0 Å². The van der Waals surface area contributed by atoms with Crippen LogP contribution in [0.25, 0.3) is 0 Å². The maximum absolute atomic E-state index is 11.4. The van der Waals surface area contributed by atoms with E-state index in [1.54, 1.807) is 6.92 Å². The smallest absolute Gasteiger partial charge is 0.302 e. The van der Waals surface area contributed by atoms with Gasteiger partial charge in [-0.25, -0.2) is 9.13 Å². The second-order valence-electron chi connectivity index (χ2n) is 2.20. The van der Waals surface area contributed by atoms with Gasteiger partial charge in [0, 0.05) is 14.2 Å². The van der Waals surface area contributed by atoms with Gasteiger partial charge in [-0.3, -0.25) is 13.6 Å². The molecule has 0 aliphatic carbocycles. The number of hydrogen-bond donors (Lipinski definition) is 1. The Morgan fingerprint density at radius 1 is 1.21 bits per heavy atom. The van der Waals surface area contributed by atoms with Crippen LogP contribution < -0.4 is 0 Å². The Labute approximate surface area is 82.5 Å². The van der Waals surface area contributed by atoms with E-state index in [4.69, 9.17) is 4.89 Å². The van der Waals surface area contributed by atoms with Crippen LogP contribution in [0.15, 0.2) is 0 Å². The molecular weight excluding hydrogens is 234 g/mol. The predicted molar refractivity (Wildman–Crippen MR) is 48.8 cm³/mol. The molecule has 0 amide bonds. The molecule has 1 N–H and O–H groups in total. The van der Waals surface area contributed by atoms with Crippen LogP contribution in [0.2, 0.25) is 0 Å². The average molecular weight is 248 g/mol. The molecule has 2 unspecified atom stereocenters. The molecule has 0 heterocycles. The molecular formula is C5H14O7P2. The summed E-state index contributed by atoms with van der Waals surface area (Å²) in [5, 5.41) is 0. The molecule has 0 spiro atoms. The molecule has 0 saturated heterocycles. The molecule has 0 aliphatic rings. The van der Waals surface area contributed by atoms with Gasteiger partial charge in [0.1, 0.15) is 0 Å². The van der Waals surface area contributed by atoms with Crippen molar-refractivity contribution in [3.63, 3.8) is 0 Å². The Kier molecular flexibility index (Phi) is 6.09. The summed E-state index contributed by atoms with van der Waals surface area (Å²) in [7, 11) is -6.36. The fourth-order valence-corrected chi connectivity index (χ4v) is 2.72. The third-order valence-corrected chi connectivity index (χ3v) is 4.14. The highest BCUT2D eigenvalue weighted by Crippen LogP contribution is 2.62. The first-order valence-electron chi connectivity index (χ1n) is 3.79. The van der Waals surface area contributed by atoms with Gasteiger partial charge in [-0.1, -0.05) is 6.92 Å². The van der Waals surface area contributed by atoms with Crippen LogP contribution >= 0.6 is 15.6 Å². The topological polar surface area (TPSA) is 91.3 Å². The molecule has 9 heteroatoms. The van der Waals surface area contributed by atoms with Crippen LogP contribution in [0.5, 0.6) is 0 Å². The maximum Gasteiger partial charge on any atom is 0.483 e. The molecule has 0 saturated carbocycles. The van der Waals surface area contributed by atoms with E-state index in [0.29, 0.717) is 6.42 Å². The first-order chi connectivity index (χ1) is 6.39. The van der Waals surface area contributed by atoms with E-state index in [1.165, 1.54) is 0 Å². The average Bonchev–Trinajstić information content (AvgIpc) is 2.14. The lowest BCUT2D eigenvalue weighted by Crippen LogP contribution is -1.98. The summed E-state index contributed by atoms with van der Waals surface area (Å²) in [4.78, 5) is 8.87. The molecule has 0 fully saturated rings. The van der Waals surface area contributed by atoms with Crippen molar-refractivity contribution in [2.24, 2.45) is 0 Å². The molecule has 0 aromatic rings. The van der Waals surface area contributed by atoms with Crippen LogP contribution in [-0.2, 0) is 27.0 Å². The van der Waals surface area contributed by atoms with Crippen molar-refractivity contribution >= 4 is 15.6 Å². The molecule has 7 nitrogen and oxygen atoms in total. The zero-order valence-electron chi connectivity index (χ0n) is 8.21. The molecule has 0 aromatic heterocycles. The highest BCUT2D eigenvalue weighted by Gasteiger charge is 2.36. The minimum Gasteiger partial charge on any atom is -0.302 e. The van der Waals surface area contributed by atoms with Crippen molar-refractivity contribution < 1.29 is 31.9 Å². The van der Waals surface area contributed by atoms with E-state index >= 15 is 0 Å². The summed E-state index contributed by atoms with van der Waals surface area (Å²) in [5.41, 5.74) is 0. The minimum atomic E-state index is -4.36. The normalized spacial score (nSPS) is 20.0. The number of hydrogen-bond acceptors (Lipinski definition) is 6. The van der Waals surface area contributed by atoms with Crippen molar-refractivity contribution in [1.82, 2.24) is 0 Å². The van der Waals surface area contributed by atoms with Gasteiger partial charge >= 0.3 is 15.6 Å². The first kappa shape index (κ1) is 14.3. The summed E-state index contributed by atoms with van der Waals surface area (Å²) in [6.45, 7) is 1.86. The molecule has 0 rings (SSSR count). The number of phosphoric ester groups is 2. The zero-order valence-corrected chi connectivity index (χ0v) is 9.99. The second-order valence-corrected chi connectivity index (χ2v) is 5.67. The molecule has 0 bridgehead atoms. The summed E-state index contributed by atoms with van der Waals surface area (Å²) < 4.78 is 39.7. The molecule has 0 radical (unpaired) electrons. The van der Waals surface area contributed by atoms with Gasteiger partial charge in [-0.2, -0.15) is 4.31 Å². The SMILES string of the molecule is CCCOP(=O)(OC)OP(=O)(O)OC. The Morgan fingerprint density at radius 2 is 1.79 bits per heavy atom. The fraction of sp³-hybridized carbons (Fsp3) is 1.00. The van der Waals surface area contributed by atoms with E-state index in [-0.39, 0.29) is 6.61 Å². The predicted octanol–water partition coefficient (Wildman–Crippen LogP) is 1.93. The fourth-order valence-electron chi connectivity index (χ4n) is 0.472. The third-order valence-electron chi connectivity index (χ3n) is 1.11. The van der Waals surface area contributed by atoms with E-state index in [0.717, 1.165) is 14.2 Å². The summed E-state index contributed by atoms with van der Waals surface area (Å²) in [5.74, 6) is 0. The van der Waals surface area contributed by atoms with Gasteiger partial charge in [0.2, 0.25) is 0 Å². The van der Waals surface area contributed by atoms with Crippen LogP contribution in [0.4, 0.5) is 0 Å². The van der Waals surface area contributed by atoms with E-state index in [9.17, 15) is 9.13 Å². The lowest BCUT2D eigenvalue weighted by molar-refractivity contribution is 0.152. The standard InChI is InChI=1S/C5H14O7P2/c1-4-5-11-14(8,10-3)12-13(6,7)9-2/h4-5H2,1-3H3,(H,6,7). The summed E-state index contributed by atoms with van der Waals surface area (Å²) in [6.07, 6.45) is 0.569. The van der Waals surface area contributed by atoms with Crippen molar-refractivity contribution in [1.29, 1.82) is 0 Å². The second kappa shape index (κ2) is 5.98. The number of phosphoric acid groups is 2. The Balaban J connectivity index is 4.40. The molecule has 86 valence electrons. The lowest BCUT2D eigenvalue weighted by atomic mass is 10.5. The monoisotopic (exact) mass is 248 g/mol. The molecule has 14 heavy (non-hydrogen) atoms. The van der Waals surface area contributed by atoms with E-state index in [1.807, 2.05) is 0 Å². The van der Waals surface area contributed by atoms with Gasteiger partial charge in [0.05, 0.1) is 6.61 Å². The van der Waals surface area contributed by atoms with Crippen LogP contribution in [0.3, 0.4) is 0 Å². The van der Waals surface area contributed by atoms with Crippen molar-refractivity contribution in [2.45, 2.75) is 13.3 Å². The summed E-state index contributed by atoms with van der Waals surface area (Å²) in [6, 6.07) is 0. The van der Waals surface area contributed by atoms with Crippen molar-refractivity contribution in [3.8, 4) is 0 Å². The lowest BCUT2D eigenvalue weighted by Gasteiger charge is -2.16. The Bertz CT molecular complexity index is 252. The van der Waals surface area contributed by atoms with Gasteiger partial charge in [0.25, 0.3) is 0 Å². The minimum absolute atomic E-state index is 0.0921. The quantitative estimate of drug-likeness (QED) is 0.688. The first-order valence-corrected chi connectivity index (χ1v) is 6.75. The van der Waals surface area contributed by atoms with E-state index < -0.39 is 15.6 Å². The van der Waals surface area contributed by atoms with Gasteiger partial charge in [-0.05, 0) is 6.42 Å². The van der Waals surface area contributed by atoms with Crippen molar-refractivity contribution in [2.75, 3.05) is 20.8 Å². The highest BCUT2D eigenvalue weighted by molar-refractivity contribution is 7.61. The van der Waals surface area contributed by atoms with E-state index in [2.05, 4.69) is 17.9 Å². The largest absolute Gasteiger partial charge is 0.483 e. The van der Waals surface area contributed by atoms with Crippen molar-refractivity contribution in [3.05, 3.63) is 0 Å². The Hall–Kier alpha value is 0.260. The van der Waals surface area contributed by atoms with Crippen LogP contribution in [-0.4, -0.2) is 25.7 Å².